The lowest BCUT2D eigenvalue weighted by atomic mass is 10.0. The van der Waals surface area contributed by atoms with E-state index in [1.807, 2.05) is 12.1 Å². The number of rotatable bonds is 2. The highest BCUT2D eigenvalue weighted by Gasteiger charge is 2.26. The van der Waals surface area contributed by atoms with Crippen LogP contribution in [-0.2, 0) is 4.74 Å². The van der Waals surface area contributed by atoms with E-state index in [4.69, 9.17) is 33.7 Å². The normalized spacial score (nSPS) is 23.6. The van der Waals surface area contributed by atoms with E-state index < -0.39 is 0 Å². The molecule has 17 heavy (non-hydrogen) atoms. The molecular weight excluding hydrogens is 259 g/mol. The lowest BCUT2D eigenvalue weighted by Gasteiger charge is -2.34. The smallest absolute Gasteiger partial charge is 0.0895 e. The highest BCUT2D eigenvalue weighted by atomic mass is 35.5. The molecule has 0 bridgehead atoms. The van der Waals surface area contributed by atoms with E-state index in [1.165, 1.54) is 0 Å². The Kier molecular flexibility index (Phi) is 4.28. The fourth-order valence-corrected chi connectivity index (χ4v) is 2.44. The molecule has 5 heteroatoms. The molecule has 0 aromatic heterocycles. The van der Waals surface area contributed by atoms with E-state index in [-0.39, 0.29) is 12.1 Å². The molecule has 2 N–H and O–H groups in total. The van der Waals surface area contributed by atoms with Crippen LogP contribution in [0.5, 0.6) is 0 Å². The lowest BCUT2D eigenvalue weighted by molar-refractivity contribution is -0.0326. The van der Waals surface area contributed by atoms with Crippen LogP contribution in [0.2, 0.25) is 10.0 Å². The topological polar surface area (TPSA) is 38.5 Å². The van der Waals surface area contributed by atoms with E-state index in [0.717, 1.165) is 18.7 Å². The molecule has 1 aromatic rings. The summed E-state index contributed by atoms with van der Waals surface area (Å²) >= 11 is 12.1. The van der Waals surface area contributed by atoms with Crippen molar-refractivity contribution in [3.8, 4) is 0 Å². The van der Waals surface area contributed by atoms with Crippen molar-refractivity contribution in [2.24, 2.45) is 5.73 Å². The van der Waals surface area contributed by atoms with Crippen molar-refractivity contribution in [2.75, 3.05) is 26.7 Å². The monoisotopic (exact) mass is 274 g/mol. The van der Waals surface area contributed by atoms with Gasteiger partial charge in [0.05, 0.1) is 28.8 Å². The van der Waals surface area contributed by atoms with Crippen LogP contribution in [0, 0.1) is 0 Å². The van der Waals surface area contributed by atoms with Crippen molar-refractivity contribution in [1.82, 2.24) is 4.90 Å². The third kappa shape index (κ3) is 2.92. The van der Waals surface area contributed by atoms with Crippen LogP contribution in [0.15, 0.2) is 18.2 Å². The summed E-state index contributed by atoms with van der Waals surface area (Å²) in [5, 5.41) is 1.06. The maximum absolute atomic E-state index is 6.21. The van der Waals surface area contributed by atoms with Crippen LogP contribution in [0.3, 0.4) is 0 Å². The van der Waals surface area contributed by atoms with Gasteiger partial charge in [-0.3, -0.25) is 0 Å². The molecule has 2 rings (SSSR count). The Morgan fingerprint density at radius 3 is 2.94 bits per heavy atom. The zero-order valence-electron chi connectivity index (χ0n) is 9.70. The Hall–Kier alpha value is -0.320. The number of nitrogens with two attached hydrogens (primary N) is 1. The number of morpholine rings is 1. The molecule has 0 radical (unpaired) electrons. The van der Waals surface area contributed by atoms with Gasteiger partial charge < -0.3 is 15.4 Å². The third-order valence-corrected chi connectivity index (χ3v) is 3.87. The van der Waals surface area contributed by atoms with E-state index in [2.05, 4.69) is 11.9 Å². The average molecular weight is 275 g/mol. The largest absolute Gasteiger partial charge is 0.374 e. The van der Waals surface area contributed by atoms with Crippen molar-refractivity contribution < 1.29 is 4.74 Å². The van der Waals surface area contributed by atoms with Crippen LogP contribution < -0.4 is 5.73 Å². The maximum atomic E-state index is 6.21. The molecule has 1 fully saturated rings. The molecule has 0 saturated carbocycles. The van der Waals surface area contributed by atoms with Crippen molar-refractivity contribution >= 4 is 23.2 Å². The number of ether oxygens (including phenoxy) is 1. The molecule has 0 aliphatic carbocycles. The van der Waals surface area contributed by atoms with Gasteiger partial charge in [0, 0.05) is 13.1 Å². The summed E-state index contributed by atoms with van der Waals surface area (Å²) in [7, 11) is 2.06. The highest BCUT2D eigenvalue weighted by Crippen LogP contribution is 2.31. The molecule has 1 aromatic carbocycles. The second kappa shape index (κ2) is 5.55. The molecule has 2 atom stereocenters. The molecule has 1 saturated heterocycles. The number of hydrogen-bond acceptors (Lipinski definition) is 3. The van der Waals surface area contributed by atoms with E-state index in [1.54, 1.807) is 6.07 Å². The predicted octanol–water partition coefficient (Wildman–Crippen LogP) is 2.32. The van der Waals surface area contributed by atoms with Crippen LogP contribution in [-0.4, -0.2) is 37.7 Å². The minimum Gasteiger partial charge on any atom is -0.374 e. The number of nitrogens with zero attached hydrogens (tertiary/aromatic N) is 1. The zero-order chi connectivity index (χ0) is 12.4. The fraction of sp³-hybridized carbons (Fsp3) is 0.500. The third-order valence-electron chi connectivity index (χ3n) is 3.04. The molecule has 94 valence electrons. The average Bonchev–Trinajstić information content (AvgIpc) is 2.32. The van der Waals surface area contributed by atoms with Gasteiger partial charge in [-0.25, -0.2) is 0 Å². The SMILES string of the molecule is CN1CCOC(C(N)c2cccc(Cl)c2Cl)C1. The Morgan fingerprint density at radius 2 is 2.24 bits per heavy atom. The summed E-state index contributed by atoms with van der Waals surface area (Å²) in [5.74, 6) is 0. The molecule has 0 amide bonds. The number of hydrogen-bond donors (Lipinski definition) is 1. The first-order chi connectivity index (χ1) is 8.09. The molecular formula is C12H16Cl2N2O. The van der Waals surface area contributed by atoms with Gasteiger partial charge in [-0.05, 0) is 18.7 Å². The lowest BCUT2D eigenvalue weighted by Crippen LogP contribution is -2.45. The quantitative estimate of drug-likeness (QED) is 0.900. The second-order valence-electron chi connectivity index (χ2n) is 4.34. The molecule has 3 nitrogen and oxygen atoms in total. The van der Waals surface area contributed by atoms with Crippen LogP contribution >= 0.6 is 23.2 Å². The second-order valence-corrected chi connectivity index (χ2v) is 5.13. The molecule has 1 aliphatic heterocycles. The Labute approximate surface area is 111 Å². The van der Waals surface area contributed by atoms with Gasteiger partial charge in [-0.15, -0.1) is 0 Å². The van der Waals surface area contributed by atoms with Crippen LogP contribution in [0.1, 0.15) is 11.6 Å². The van der Waals surface area contributed by atoms with Crippen LogP contribution in [0.4, 0.5) is 0 Å². The van der Waals surface area contributed by atoms with Gasteiger partial charge in [-0.1, -0.05) is 35.3 Å². The van der Waals surface area contributed by atoms with Crippen molar-refractivity contribution in [3.05, 3.63) is 33.8 Å². The van der Waals surface area contributed by atoms with Crippen molar-refractivity contribution in [2.45, 2.75) is 12.1 Å². The first kappa shape index (κ1) is 13.1. The first-order valence-corrected chi connectivity index (χ1v) is 6.35. The number of benzene rings is 1. The van der Waals surface area contributed by atoms with Gasteiger partial charge in [0.1, 0.15) is 0 Å². The van der Waals surface area contributed by atoms with Crippen molar-refractivity contribution in [3.63, 3.8) is 0 Å². The Morgan fingerprint density at radius 1 is 1.47 bits per heavy atom. The number of likely N-dealkylation sites (N-methyl/N-ethyl adjacent to an activating group) is 1. The van der Waals surface area contributed by atoms with E-state index in [9.17, 15) is 0 Å². The summed E-state index contributed by atoms with van der Waals surface area (Å²) in [6.45, 7) is 2.45. The van der Waals surface area contributed by atoms with Gasteiger partial charge in [0.25, 0.3) is 0 Å². The first-order valence-electron chi connectivity index (χ1n) is 5.59. The number of halogens is 2. The van der Waals surface area contributed by atoms with E-state index in [0.29, 0.717) is 16.7 Å². The fourth-order valence-electron chi connectivity index (χ4n) is 2.01. The summed E-state index contributed by atoms with van der Waals surface area (Å²) in [6.07, 6.45) is -0.0373. The van der Waals surface area contributed by atoms with Gasteiger partial charge >= 0.3 is 0 Å². The summed E-state index contributed by atoms with van der Waals surface area (Å²) in [5.41, 5.74) is 7.05. The summed E-state index contributed by atoms with van der Waals surface area (Å²) in [4.78, 5) is 2.20. The summed E-state index contributed by atoms with van der Waals surface area (Å²) < 4.78 is 5.69. The molecule has 0 spiro atoms. The van der Waals surface area contributed by atoms with E-state index >= 15 is 0 Å². The van der Waals surface area contributed by atoms with Gasteiger partial charge in [0.2, 0.25) is 0 Å². The Bertz CT molecular complexity index is 400. The molecule has 1 heterocycles. The van der Waals surface area contributed by atoms with Crippen LogP contribution in [0.25, 0.3) is 0 Å². The maximum Gasteiger partial charge on any atom is 0.0895 e. The standard InChI is InChI=1S/C12H16Cl2N2O/c1-16-5-6-17-10(7-16)12(15)8-3-2-4-9(13)11(8)14/h2-4,10,12H,5-7,15H2,1H3. The predicted molar refractivity (Wildman–Crippen MR) is 70.6 cm³/mol. The van der Waals surface area contributed by atoms with Crippen molar-refractivity contribution in [1.29, 1.82) is 0 Å². The Balaban J connectivity index is 2.18. The van der Waals surface area contributed by atoms with Gasteiger partial charge in [0.15, 0.2) is 0 Å². The molecule has 1 aliphatic rings. The minimum absolute atomic E-state index is 0.0373. The summed E-state index contributed by atoms with van der Waals surface area (Å²) in [6, 6.07) is 5.27. The highest BCUT2D eigenvalue weighted by molar-refractivity contribution is 6.42. The van der Waals surface area contributed by atoms with Gasteiger partial charge in [-0.2, -0.15) is 0 Å². The minimum atomic E-state index is -0.246. The molecule has 2 unspecified atom stereocenters. The zero-order valence-corrected chi connectivity index (χ0v) is 11.2.